The van der Waals surface area contributed by atoms with Gasteiger partial charge in [-0.15, -0.1) is 0 Å². The van der Waals surface area contributed by atoms with Gasteiger partial charge < -0.3 is 5.32 Å². The van der Waals surface area contributed by atoms with Gasteiger partial charge in [-0.25, -0.2) is 4.98 Å². The molecule has 0 unspecified atom stereocenters. The van der Waals surface area contributed by atoms with E-state index < -0.39 is 0 Å². The van der Waals surface area contributed by atoms with E-state index in [1.54, 1.807) is 12.4 Å². The molecule has 0 aromatic carbocycles. The average molecular weight is 213 g/mol. The van der Waals surface area contributed by atoms with Gasteiger partial charge in [0, 0.05) is 25.7 Å². The largest absolute Gasteiger partial charge is 0.314 e. The Morgan fingerprint density at radius 1 is 1.50 bits per heavy atom. The van der Waals surface area contributed by atoms with E-state index in [1.165, 1.54) is 0 Å². The average Bonchev–Trinajstić information content (AvgIpc) is 2.06. The van der Waals surface area contributed by atoms with Gasteiger partial charge in [0.2, 0.25) is 0 Å². The molecule has 1 saturated heterocycles. The van der Waals surface area contributed by atoms with Crippen molar-refractivity contribution < 1.29 is 0 Å². The molecule has 0 aliphatic carbocycles. The Morgan fingerprint density at radius 2 is 2.29 bits per heavy atom. The van der Waals surface area contributed by atoms with Crippen molar-refractivity contribution in [3.63, 3.8) is 0 Å². The van der Waals surface area contributed by atoms with Gasteiger partial charge in [-0.2, -0.15) is 0 Å². The molecule has 0 atom stereocenters. The van der Waals surface area contributed by atoms with Gasteiger partial charge in [0.25, 0.3) is 0 Å². The van der Waals surface area contributed by atoms with Crippen LogP contribution in [0, 0.1) is 0 Å². The van der Waals surface area contributed by atoms with Crippen LogP contribution in [0.25, 0.3) is 0 Å². The molecule has 1 fully saturated rings. The van der Waals surface area contributed by atoms with Crippen LogP contribution < -0.4 is 5.32 Å². The summed E-state index contributed by atoms with van der Waals surface area (Å²) in [4.78, 5) is 10.5. The number of hydrogen-bond donors (Lipinski definition) is 1. The third-order valence-corrected chi connectivity index (χ3v) is 2.66. The molecule has 1 aliphatic rings. The van der Waals surface area contributed by atoms with E-state index in [0.29, 0.717) is 11.2 Å². The second kappa shape index (κ2) is 4.21. The zero-order chi connectivity index (χ0) is 9.97. The lowest BCUT2D eigenvalue weighted by Crippen LogP contribution is -2.55. The number of nitrogens with one attached hydrogen (secondary N) is 1. The lowest BCUT2D eigenvalue weighted by molar-refractivity contribution is 0.171. The fourth-order valence-corrected chi connectivity index (χ4v) is 1.49. The summed E-state index contributed by atoms with van der Waals surface area (Å²) >= 11 is 5.65. The fourth-order valence-electron chi connectivity index (χ4n) is 1.39. The molecule has 1 aromatic heterocycles. The first-order valence-electron chi connectivity index (χ1n) is 4.63. The third kappa shape index (κ3) is 2.20. The minimum atomic E-state index is 0.446. The number of aromatic nitrogens is 2. The monoisotopic (exact) mass is 212 g/mol. The number of nitrogens with zero attached hydrogens (tertiary/aromatic N) is 3. The van der Waals surface area contributed by atoms with Gasteiger partial charge in [-0.05, 0) is 7.05 Å². The number of halogens is 1. The van der Waals surface area contributed by atoms with Crippen molar-refractivity contribution in [2.24, 2.45) is 0 Å². The van der Waals surface area contributed by atoms with Gasteiger partial charge in [-0.1, -0.05) is 11.6 Å². The van der Waals surface area contributed by atoms with Crippen molar-refractivity contribution in [1.29, 1.82) is 0 Å². The molecule has 1 aromatic rings. The minimum absolute atomic E-state index is 0.446. The SMILES string of the molecule is CN(Cc1cnc(Cl)cn1)C1CNC1. The van der Waals surface area contributed by atoms with Crippen LogP contribution in [0.2, 0.25) is 5.15 Å². The Hall–Kier alpha value is -0.710. The van der Waals surface area contributed by atoms with Crippen molar-refractivity contribution in [3.8, 4) is 0 Å². The molecule has 1 aliphatic heterocycles. The van der Waals surface area contributed by atoms with E-state index in [0.717, 1.165) is 25.3 Å². The molecule has 2 heterocycles. The zero-order valence-electron chi connectivity index (χ0n) is 8.07. The standard InChI is InChI=1S/C9H13ClN4/c1-14(8-3-11-4-8)6-7-2-13-9(10)5-12-7/h2,5,8,11H,3-4,6H2,1H3. The maximum Gasteiger partial charge on any atom is 0.147 e. The quantitative estimate of drug-likeness (QED) is 0.794. The highest BCUT2D eigenvalue weighted by molar-refractivity contribution is 6.29. The molecule has 0 bridgehead atoms. The Bertz CT molecular complexity index is 296. The molecule has 76 valence electrons. The first-order chi connectivity index (χ1) is 6.75. The van der Waals surface area contributed by atoms with Crippen LogP contribution in [0.3, 0.4) is 0 Å². The maximum absolute atomic E-state index is 5.65. The van der Waals surface area contributed by atoms with E-state index in [2.05, 4.69) is 27.2 Å². The van der Waals surface area contributed by atoms with Crippen LogP contribution >= 0.6 is 11.6 Å². The number of likely N-dealkylation sites (N-methyl/N-ethyl adjacent to an activating group) is 1. The van der Waals surface area contributed by atoms with Gasteiger partial charge in [0.15, 0.2) is 0 Å². The summed E-state index contributed by atoms with van der Waals surface area (Å²) in [6.07, 6.45) is 3.31. The molecular formula is C9H13ClN4. The predicted octanol–water partition coefficient (Wildman–Crippen LogP) is 0.534. The number of hydrogen-bond acceptors (Lipinski definition) is 4. The number of rotatable bonds is 3. The first kappa shape index (κ1) is 9.83. The normalized spacial score (nSPS) is 17.1. The van der Waals surface area contributed by atoms with E-state index in [4.69, 9.17) is 11.6 Å². The van der Waals surface area contributed by atoms with Gasteiger partial charge in [0.05, 0.1) is 18.1 Å². The highest BCUT2D eigenvalue weighted by atomic mass is 35.5. The highest BCUT2D eigenvalue weighted by Gasteiger charge is 2.21. The fraction of sp³-hybridized carbons (Fsp3) is 0.556. The summed E-state index contributed by atoms with van der Waals surface area (Å²) in [5, 5.41) is 3.68. The second-order valence-corrected chi connectivity index (χ2v) is 3.94. The molecule has 0 spiro atoms. The summed E-state index contributed by atoms with van der Waals surface area (Å²) in [6, 6.07) is 0.632. The molecular weight excluding hydrogens is 200 g/mol. The summed E-state index contributed by atoms with van der Waals surface area (Å²) in [5.41, 5.74) is 0.962. The van der Waals surface area contributed by atoms with Crippen LogP contribution in [0.1, 0.15) is 5.69 Å². The molecule has 14 heavy (non-hydrogen) atoms. The molecule has 4 nitrogen and oxygen atoms in total. The molecule has 1 N–H and O–H groups in total. The van der Waals surface area contributed by atoms with Crippen molar-refractivity contribution in [1.82, 2.24) is 20.2 Å². The summed E-state index contributed by atoms with van der Waals surface area (Å²) < 4.78 is 0. The Labute approximate surface area is 88.3 Å². The Balaban J connectivity index is 1.92. The van der Waals surface area contributed by atoms with E-state index in [1.807, 2.05) is 0 Å². The molecule has 0 saturated carbocycles. The van der Waals surface area contributed by atoms with Crippen LogP contribution in [0.15, 0.2) is 12.4 Å². The maximum atomic E-state index is 5.65. The first-order valence-corrected chi connectivity index (χ1v) is 5.01. The van der Waals surface area contributed by atoms with Crippen LogP contribution in [-0.2, 0) is 6.54 Å². The Morgan fingerprint density at radius 3 is 2.79 bits per heavy atom. The van der Waals surface area contributed by atoms with Crippen molar-refractivity contribution in [3.05, 3.63) is 23.2 Å². The van der Waals surface area contributed by atoms with E-state index in [9.17, 15) is 0 Å². The topological polar surface area (TPSA) is 41.1 Å². The molecule has 2 rings (SSSR count). The van der Waals surface area contributed by atoms with Crippen molar-refractivity contribution in [2.75, 3.05) is 20.1 Å². The third-order valence-electron chi connectivity index (χ3n) is 2.47. The minimum Gasteiger partial charge on any atom is -0.314 e. The molecule has 0 radical (unpaired) electrons. The van der Waals surface area contributed by atoms with Crippen molar-refractivity contribution in [2.45, 2.75) is 12.6 Å². The van der Waals surface area contributed by atoms with E-state index in [-0.39, 0.29) is 0 Å². The predicted molar refractivity (Wildman–Crippen MR) is 55.2 cm³/mol. The molecule has 0 amide bonds. The van der Waals surface area contributed by atoms with E-state index >= 15 is 0 Å². The lowest BCUT2D eigenvalue weighted by Gasteiger charge is -2.35. The summed E-state index contributed by atoms with van der Waals surface area (Å²) in [6.45, 7) is 2.96. The van der Waals surface area contributed by atoms with Gasteiger partial charge >= 0.3 is 0 Å². The van der Waals surface area contributed by atoms with Crippen LogP contribution in [0.5, 0.6) is 0 Å². The van der Waals surface area contributed by atoms with Crippen molar-refractivity contribution >= 4 is 11.6 Å². The zero-order valence-corrected chi connectivity index (χ0v) is 8.83. The smallest absolute Gasteiger partial charge is 0.147 e. The lowest BCUT2D eigenvalue weighted by atomic mass is 10.1. The van der Waals surface area contributed by atoms with Gasteiger partial charge in [-0.3, -0.25) is 9.88 Å². The highest BCUT2D eigenvalue weighted by Crippen LogP contribution is 2.07. The van der Waals surface area contributed by atoms with Gasteiger partial charge in [0.1, 0.15) is 5.15 Å². The molecule has 5 heteroatoms. The summed E-state index contributed by atoms with van der Waals surface area (Å²) in [7, 11) is 2.10. The Kier molecular flexibility index (Phi) is 2.96. The summed E-state index contributed by atoms with van der Waals surface area (Å²) in [5.74, 6) is 0. The van der Waals surface area contributed by atoms with Crippen LogP contribution in [-0.4, -0.2) is 41.0 Å². The second-order valence-electron chi connectivity index (χ2n) is 3.56. The van der Waals surface area contributed by atoms with Crippen LogP contribution in [0.4, 0.5) is 0 Å².